The average Bonchev–Trinajstić information content (AvgIpc) is 2.70. The fraction of sp³-hybridized carbons (Fsp3) is 0.409. The SMILES string of the molecule is CCOc1ccccc1CCCNC(=O)CN(c1ccccc1CC)S(C)(=O)=O. The summed E-state index contributed by atoms with van der Waals surface area (Å²) in [5.41, 5.74) is 2.54. The number of amides is 1. The Morgan fingerprint density at radius 1 is 1.03 bits per heavy atom. The van der Waals surface area contributed by atoms with Gasteiger partial charge in [-0.3, -0.25) is 9.10 Å². The lowest BCUT2D eigenvalue weighted by molar-refractivity contribution is -0.119. The maximum Gasteiger partial charge on any atom is 0.240 e. The number of sulfonamides is 1. The van der Waals surface area contributed by atoms with Gasteiger partial charge in [0, 0.05) is 6.54 Å². The fourth-order valence-electron chi connectivity index (χ4n) is 3.13. The number of aryl methyl sites for hydroxylation is 2. The topological polar surface area (TPSA) is 75.7 Å². The van der Waals surface area contributed by atoms with Crippen molar-refractivity contribution < 1.29 is 17.9 Å². The van der Waals surface area contributed by atoms with E-state index in [1.54, 1.807) is 12.1 Å². The van der Waals surface area contributed by atoms with Crippen LogP contribution < -0.4 is 14.4 Å². The number of rotatable bonds is 11. The molecule has 0 atom stereocenters. The summed E-state index contributed by atoms with van der Waals surface area (Å²) >= 11 is 0. The molecular weight excluding hydrogens is 388 g/mol. The Bertz CT molecular complexity index is 913. The highest BCUT2D eigenvalue weighted by atomic mass is 32.2. The van der Waals surface area contributed by atoms with Crippen LogP contribution in [0, 0.1) is 0 Å². The Kier molecular flexibility index (Phi) is 8.51. The minimum absolute atomic E-state index is 0.231. The van der Waals surface area contributed by atoms with Crippen molar-refractivity contribution in [2.24, 2.45) is 0 Å². The number of nitrogens with zero attached hydrogens (tertiary/aromatic N) is 1. The number of hydrogen-bond acceptors (Lipinski definition) is 4. The zero-order chi connectivity index (χ0) is 21.3. The van der Waals surface area contributed by atoms with Crippen LogP contribution in [0.2, 0.25) is 0 Å². The molecule has 0 bridgehead atoms. The van der Waals surface area contributed by atoms with Gasteiger partial charge in [0.1, 0.15) is 12.3 Å². The molecule has 0 spiro atoms. The summed E-state index contributed by atoms with van der Waals surface area (Å²) in [7, 11) is -3.58. The Labute approximate surface area is 173 Å². The third kappa shape index (κ3) is 6.78. The van der Waals surface area contributed by atoms with Gasteiger partial charge in [-0.2, -0.15) is 0 Å². The molecule has 1 N–H and O–H groups in total. The number of anilines is 1. The number of carbonyl (C=O) groups is 1. The van der Waals surface area contributed by atoms with E-state index in [-0.39, 0.29) is 12.5 Å². The minimum atomic E-state index is -3.58. The smallest absolute Gasteiger partial charge is 0.240 e. The molecular formula is C22H30N2O4S. The molecule has 0 aliphatic heterocycles. The van der Waals surface area contributed by atoms with Crippen molar-refractivity contribution in [3.63, 3.8) is 0 Å². The molecule has 158 valence electrons. The molecule has 29 heavy (non-hydrogen) atoms. The number of hydrogen-bond donors (Lipinski definition) is 1. The maximum absolute atomic E-state index is 12.4. The first kappa shape index (κ1) is 22.7. The summed E-state index contributed by atoms with van der Waals surface area (Å²) in [5.74, 6) is 0.542. The molecule has 7 heteroatoms. The number of ether oxygens (including phenoxy) is 1. The minimum Gasteiger partial charge on any atom is -0.494 e. The number of para-hydroxylation sites is 2. The van der Waals surface area contributed by atoms with Gasteiger partial charge in [0.2, 0.25) is 15.9 Å². The first-order chi connectivity index (χ1) is 13.9. The molecule has 2 aromatic carbocycles. The molecule has 1 amide bonds. The second-order valence-electron chi connectivity index (χ2n) is 6.75. The Balaban J connectivity index is 1.94. The summed E-state index contributed by atoms with van der Waals surface area (Å²) in [6, 6.07) is 15.1. The summed E-state index contributed by atoms with van der Waals surface area (Å²) in [4.78, 5) is 12.4. The lowest BCUT2D eigenvalue weighted by atomic mass is 10.1. The molecule has 0 saturated heterocycles. The van der Waals surface area contributed by atoms with Crippen LogP contribution in [0.1, 0.15) is 31.4 Å². The first-order valence-corrected chi connectivity index (χ1v) is 11.7. The van der Waals surface area contributed by atoms with Crippen LogP contribution in [0.15, 0.2) is 48.5 Å². The van der Waals surface area contributed by atoms with Crippen LogP contribution in [-0.4, -0.2) is 40.3 Å². The van der Waals surface area contributed by atoms with Crippen molar-refractivity contribution >= 4 is 21.6 Å². The second kappa shape index (κ2) is 10.9. The van der Waals surface area contributed by atoms with Gasteiger partial charge < -0.3 is 10.1 Å². The average molecular weight is 419 g/mol. The molecule has 0 aliphatic rings. The number of benzene rings is 2. The van der Waals surface area contributed by atoms with Crippen LogP contribution in [0.5, 0.6) is 5.75 Å². The van der Waals surface area contributed by atoms with Crippen molar-refractivity contribution in [1.82, 2.24) is 5.32 Å². The van der Waals surface area contributed by atoms with Gasteiger partial charge in [-0.15, -0.1) is 0 Å². The molecule has 6 nitrogen and oxygen atoms in total. The molecule has 0 aromatic heterocycles. The van der Waals surface area contributed by atoms with Crippen molar-refractivity contribution in [3.05, 3.63) is 59.7 Å². The van der Waals surface area contributed by atoms with Gasteiger partial charge in [-0.1, -0.05) is 43.3 Å². The zero-order valence-electron chi connectivity index (χ0n) is 17.3. The highest BCUT2D eigenvalue weighted by Gasteiger charge is 2.22. The van der Waals surface area contributed by atoms with Gasteiger partial charge in [0.15, 0.2) is 0 Å². The van der Waals surface area contributed by atoms with Crippen LogP contribution in [-0.2, 0) is 27.7 Å². The van der Waals surface area contributed by atoms with E-state index in [2.05, 4.69) is 5.32 Å². The Morgan fingerprint density at radius 3 is 2.34 bits per heavy atom. The van der Waals surface area contributed by atoms with Crippen LogP contribution in [0.3, 0.4) is 0 Å². The van der Waals surface area contributed by atoms with E-state index >= 15 is 0 Å². The molecule has 2 aromatic rings. The number of nitrogens with one attached hydrogen (secondary N) is 1. The third-order valence-electron chi connectivity index (χ3n) is 4.55. The van der Waals surface area contributed by atoms with Gasteiger partial charge >= 0.3 is 0 Å². The molecule has 2 rings (SSSR count). The van der Waals surface area contributed by atoms with Crippen molar-refractivity contribution in [2.75, 3.05) is 30.3 Å². The first-order valence-electron chi connectivity index (χ1n) is 9.89. The van der Waals surface area contributed by atoms with Crippen molar-refractivity contribution in [2.45, 2.75) is 33.1 Å². The van der Waals surface area contributed by atoms with Crippen molar-refractivity contribution in [1.29, 1.82) is 0 Å². The van der Waals surface area contributed by atoms with Gasteiger partial charge in [-0.25, -0.2) is 8.42 Å². The summed E-state index contributed by atoms with van der Waals surface area (Å²) in [6.07, 6.45) is 3.31. The van der Waals surface area contributed by atoms with Crippen molar-refractivity contribution in [3.8, 4) is 5.75 Å². The van der Waals surface area contributed by atoms with Crippen LogP contribution >= 0.6 is 0 Å². The normalized spacial score (nSPS) is 11.1. The predicted molar refractivity (Wildman–Crippen MR) is 117 cm³/mol. The maximum atomic E-state index is 12.4. The second-order valence-corrected chi connectivity index (χ2v) is 8.65. The molecule has 0 aliphatic carbocycles. The fourth-order valence-corrected chi connectivity index (χ4v) is 4.02. The Morgan fingerprint density at radius 2 is 1.69 bits per heavy atom. The molecule has 0 radical (unpaired) electrons. The summed E-state index contributed by atoms with van der Waals surface area (Å²) in [5, 5.41) is 2.83. The zero-order valence-corrected chi connectivity index (χ0v) is 18.2. The molecule has 0 saturated carbocycles. The Hall–Kier alpha value is -2.54. The quantitative estimate of drug-likeness (QED) is 0.569. The lowest BCUT2D eigenvalue weighted by Crippen LogP contribution is -2.41. The summed E-state index contributed by atoms with van der Waals surface area (Å²) < 4.78 is 31.4. The van der Waals surface area contributed by atoms with Crippen LogP contribution in [0.4, 0.5) is 5.69 Å². The predicted octanol–water partition coefficient (Wildman–Crippen LogP) is 3.16. The van der Waals surface area contributed by atoms with Gasteiger partial charge in [-0.05, 0) is 49.4 Å². The van der Waals surface area contributed by atoms with E-state index in [4.69, 9.17) is 4.74 Å². The molecule has 0 unspecified atom stereocenters. The standard InChI is InChI=1S/C22H30N2O4S/c1-4-18-11-6-8-14-20(18)24(29(3,26)27)17-22(25)23-16-10-13-19-12-7-9-15-21(19)28-5-2/h6-9,11-12,14-15H,4-5,10,13,16-17H2,1-3H3,(H,23,25). The molecule has 0 fully saturated rings. The summed E-state index contributed by atoms with van der Waals surface area (Å²) in [6.45, 7) is 4.74. The van der Waals surface area contributed by atoms with E-state index < -0.39 is 10.0 Å². The number of carbonyl (C=O) groups excluding carboxylic acids is 1. The van der Waals surface area contributed by atoms with E-state index in [1.807, 2.05) is 50.2 Å². The third-order valence-corrected chi connectivity index (χ3v) is 5.67. The molecule has 0 heterocycles. The van der Waals surface area contributed by atoms with E-state index in [0.29, 0.717) is 25.3 Å². The monoisotopic (exact) mass is 418 g/mol. The van der Waals surface area contributed by atoms with E-state index in [0.717, 1.165) is 36.0 Å². The van der Waals surface area contributed by atoms with E-state index in [1.165, 1.54) is 4.31 Å². The lowest BCUT2D eigenvalue weighted by Gasteiger charge is -2.24. The van der Waals surface area contributed by atoms with E-state index in [9.17, 15) is 13.2 Å². The highest BCUT2D eigenvalue weighted by Crippen LogP contribution is 2.23. The largest absolute Gasteiger partial charge is 0.494 e. The van der Waals surface area contributed by atoms with Crippen LogP contribution in [0.25, 0.3) is 0 Å². The highest BCUT2D eigenvalue weighted by molar-refractivity contribution is 7.92. The van der Waals surface area contributed by atoms with Gasteiger partial charge in [0.05, 0.1) is 18.6 Å². The van der Waals surface area contributed by atoms with Gasteiger partial charge in [0.25, 0.3) is 0 Å².